The predicted octanol–water partition coefficient (Wildman–Crippen LogP) is 0.340. The first-order valence-corrected chi connectivity index (χ1v) is 15.5. The summed E-state index contributed by atoms with van der Waals surface area (Å²) in [7, 11) is 0. The first-order chi connectivity index (χ1) is 22.3. The highest BCUT2D eigenvalue weighted by Gasteiger charge is 2.31. The molecule has 0 saturated heterocycles. The minimum Gasteiger partial charge on any atom is -0.492 e. The van der Waals surface area contributed by atoms with Crippen LogP contribution in [0, 0.1) is 0 Å². The van der Waals surface area contributed by atoms with Crippen molar-refractivity contribution in [3.8, 4) is 5.75 Å². The summed E-state index contributed by atoms with van der Waals surface area (Å²) in [6, 6.07) is 17.5. The number of carbonyl (C=O) groups is 1. The highest BCUT2D eigenvalue weighted by molar-refractivity contribution is 6.03. The Morgan fingerprint density at radius 2 is 1.63 bits per heavy atom. The fraction of sp³-hybridized carbons (Fsp3) is 0.455. The van der Waals surface area contributed by atoms with E-state index in [0.29, 0.717) is 26.1 Å². The molecule has 0 fully saturated rings. The van der Waals surface area contributed by atoms with Gasteiger partial charge in [0.2, 0.25) is 0 Å². The number of ether oxygens (including phenoxy) is 1. The average molecular weight is 639 g/mol. The van der Waals surface area contributed by atoms with E-state index < -0.39 is 36.9 Å². The number of aromatic nitrogens is 2. The number of benzene rings is 2. The zero-order valence-electron chi connectivity index (χ0n) is 25.9. The fourth-order valence-electron chi connectivity index (χ4n) is 4.74. The molecule has 46 heavy (non-hydrogen) atoms. The smallest absolute Gasteiger partial charge is 0.278 e. The number of nitrogens with zero attached hydrogens (tertiary/aromatic N) is 3. The second-order valence-electron chi connectivity index (χ2n) is 11.0. The summed E-state index contributed by atoms with van der Waals surface area (Å²) in [5.74, 6) is 0.306. The lowest BCUT2D eigenvalue weighted by molar-refractivity contribution is -0.117. The largest absolute Gasteiger partial charge is 0.492 e. The summed E-state index contributed by atoms with van der Waals surface area (Å²) in [5, 5.41) is 55.4. The van der Waals surface area contributed by atoms with Gasteiger partial charge in [0.05, 0.1) is 18.9 Å². The second kappa shape index (κ2) is 20.2. The van der Waals surface area contributed by atoms with Crippen LogP contribution in [0.5, 0.6) is 5.75 Å². The summed E-state index contributed by atoms with van der Waals surface area (Å²) in [4.78, 5) is 24.0. The van der Waals surface area contributed by atoms with Crippen LogP contribution in [0.15, 0.2) is 78.2 Å². The second-order valence-corrected chi connectivity index (χ2v) is 11.0. The molecule has 0 aliphatic carbocycles. The van der Waals surface area contributed by atoms with E-state index >= 15 is 0 Å². The number of guanidine groups is 1. The molecule has 1 amide bonds. The lowest BCUT2D eigenvalue weighted by atomic mass is 9.95. The van der Waals surface area contributed by atoms with Gasteiger partial charge in [0.25, 0.3) is 5.91 Å². The van der Waals surface area contributed by atoms with Crippen molar-refractivity contribution in [2.45, 2.75) is 69.0 Å². The molecule has 1 unspecified atom stereocenters. The first-order valence-electron chi connectivity index (χ1n) is 15.5. The molecule has 250 valence electrons. The maximum Gasteiger partial charge on any atom is 0.278 e. The quantitative estimate of drug-likeness (QED) is 0.0480. The normalized spacial score (nSPS) is 15.0. The van der Waals surface area contributed by atoms with E-state index in [-0.39, 0.29) is 24.1 Å². The number of amides is 1. The van der Waals surface area contributed by atoms with Gasteiger partial charge >= 0.3 is 0 Å². The maximum atomic E-state index is 12.0. The Morgan fingerprint density at radius 1 is 0.913 bits per heavy atom. The van der Waals surface area contributed by atoms with Gasteiger partial charge in [-0.25, -0.2) is 4.98 Å². The van der Waals surface area contributed by atoms with Gasteiger partial charge in [-0.05, 0) is 61.8 Å². The van der Waals surface area contributed by atoms with Crippen molar-refractivity contribution < 1.29 is 35.1 Å². The van der Waals surface area contributed by atoms with Gasteiger partial charge in [-0.15, -0.1) is 0 Å². The van der Waals surface area contributed by atoms with Gasteiger partial charge in [0, 0.05) is 31.5 Å². The van der Waals surface area contributed by atoms with Gasteiger partial charge in [-0.1, -0.05) is 42.5 Å². The minimum atomic E-state index is -1.66. The third kappa shape index (κ3) is 13.2. The monoisotopic (exact) mass is 638 g/mol. The molecule has 5 atom stereocenters. The number of rotatable bonds is 20. The van der Waals surface area contributed by atoms with Crippen molar-refractivity contribution in [3.05, 3.63) is 90.0 Å². The van der Waals surface area contributed by atoms with Crippen LogP contribution in [0.3, 0.4) is 0 Å². The number of aliphatic hydroxyl groups excluding tert-OH is 5. The van der Waals surface area contributed by atoms with Crippen LogP contribution in [0.4, 0.5) is 0 Å². The highest BCUT2D eigenvalue weighted by atomic mass is 16.5. The molecule has 3 rings (SSSR count). The van der Waals surface area contributed by atoms with Gasteiger partial charge in [-0.3, -0.25) is 20.1 Å². The number of hydrogen-bond acceptors (Lipinski definition) is 11. The number of carbonyl (C=O) groups excluding carboxylic acids is 1. The molecule has 9 N–H and O–H groups in total. The molecule has 0 bridgehead atoms. The molecule has 0 aliphatic rings. The van der Waals surface area contributed by atoms with Crippen molar-refractivity contribution in [2.75, 3.05) is 26.3 Å². The molecule has 2 aromatic carbocycles. The Labute approximate surface area is 269 Å². The minimum absolute atomic E-state index is 0.0413. The van der Waals surface area contributed by atoms with E-state index in [1.165, 1.54) is 18.6 Å². The number of aliphatic hydroxyl groups is 5. The SMILES string of the molecule is NC(=NCCCCc1ccc(OCCNC(CCc2ccccc2)C[C@H](O)[C@@H](O)[C@H](O)[C@H](O)CO)cc1)NC(=O)c1cnccn1. The van der Waals surface area contributed by atoms with Crippen molar-refractivity contribution in [3.63, 3.8) is 0 Å². The molecule has 13 nitrogen and oxygen atoms in total. The Morgan fingerprint density at radius 3 is 2.33 bits per heavy atom. The van der Waals surface area contributed by atoms with Crippen LogP contribution in [-0.4, -0.2) is 104 Å². The fourth-order valence-corrected chi connectivity index (χ4v) is 4.74. The van der Waals surface area contributed by atoms with Crippen LogP contribution in [-0.2, 0) is 12.8 Å². The topological polar surface area (TPSA) is 216 Å². The van der Waals surface area contributed by atoms with Gasteiger partial charge < -0.3 is 41.3 Å². The molecule has 0 aliphatic heterocycles. The summed E-state index contributed by atoms with van der Waals surface area (Å²) in [6.07, 6.45) is 2.21. The van der Waals surface area contributed by atoms with E-state index in [0.717, 1.165) is 42.6 Å². The third-order valence-electron chi connectivity index (χ3n) is 7.40. The summed E-state index contributed by atoms with van der Waals surface area (Å²) in [6.45, 7) is 0.611. The van der Waals surface area contributed by atoms with Gasteiger partial charge in [0.15, 0.2) is 5.96 Å². The molecule has 0 spiro atoms. The molecule has 0 saturated carbocycles. The Balaban J connectivity index is 1.38. The zero-order chi connectivity index (χ0) is 33.1. The third-order valence-corrected chi connectivity index (χ3v) is 7.40. The Bertz CT molecular complexity index is 1300. The molecule has 3 aromatic rings. The predicted molar refractivity (Wildman–Crippen MR) is 173 cm³/mol. The summed E-state index contributed by atoms with van der Waals surface area (Å²) >= 11 is 0. The van der Waals surface area contributed by atoms with E-state index in [1.54, 1.807) is 0 Å². The average Bonchev–Trinajstić information content (AvgIpc) is 3.09. The molecule has 1 heterocycles. The van der Waals surface area contributed by atoms with E-state index in [9.17, 15) is 25.2 Å². The van der Waals surface area contributed by atoms with Gasteiger partial charge in [0.1, 0.15) is 36.4 Å². The number of aryl methyl sites for hydroxylation is 2. The Kier molecular flexibility index (Phi) is 16.0. The number of aliphatic imine (C=N–C) groups is 1. The molecular formula is C33H46N6O7. The van der Waals surface area contributed by atoms with E-state index in [2.05, 4.69) is 25.6 Å². The summed E-state index contributed by atoms with van der Waals surface area (Å²) in [5.41, 5.74) is 8.24. The van der Waals surface area contributed by atoms with Crippen LogP contribution >= 0.6 is 0 Å². The molecule has 1 aromatic heterocycles. The molecule has 13 heteroatoms. The lowest BCUT2D eigenvalue weighted by Crippen LogP contribution is -2.48. The van der Waals surface area contributed by atoms with Crippen LogP contribution in [0.2, 0.25) is 0 Å². The number of hydrogen-bond donors (Lipinski definition) is 8. The van der Waals surface area contributed by atoms with Crippen LogP contribution < -0.4 is 21.1 Å². The molecule has 0 radical (unpaired) electrons. The number of nitrogens with two attached hydrogens (primary N) is 1. The standard InChI is InChI=1S/C33H46N6O7/c34-33(39-32(45)27-21-35-16-17-37-27)38-15-5-4-8-24-10-13-26(14-11-24)46-19-18-36-25(12-9-23-6-2-1-3-7-23)20-28(41)30(43)31(44)29(42)22-40/h1-3,6-7,10-11,13-14,16-17,21,25,28-31,36,40-44H,4-5,8-9,12,15,18-20,22H2,(H3,34,38,39,45)/t25?,28-,29+,30+,31+/m0/s1. The van der Waals surface area contributed by atoms with Crippen molar-refractivity contribution in [1.82, 2.24) is 20.6 Å². The summed E-state index contributed by atoms with van der Waals surface area (Å²) < 4.78 is 5.89. The highest BCUT2D eigenvalue weighted by Crippen LogP contribution is 2.16. The number of unbranched alkanes of at least 4 members (excludes halogenated alkanes) is 1. The van der Waals surface area contributed by atoms with Crippen LogP contribution in [0.25, 0.3) is 0 Å². The first kappa shape index (κ1) is 36.5. The zero-order valence-corrected chi connectivity index (χ0v) is 25.9. The van der Waals surface area contributed by atoms with E-state index in [4.69, 9.17) is 15.6 Å². The van der Waals surface area contributed by atoms with E-state index in [1.807, 2.05) is 54.6 Å². The van der Waals surface area contributed by atoms with Gasteiger partial charge in [-0.2, -0.15) is 0 Å². The Hall–Kier alpha value is -3.98. The number of nitrogens with one attached hydrogen (secondary N) is 2. The van der Waals surface area contributed by atoms with Crippen molar-refractivity contribution in [1.29, 1.82) is 0 Å². The maximum absolute atomic E-state index is 12.0. The van der Waals surface area contributed by atoms with Crippen molar-refractivity contribution >= 4 is 11.9 Å². The van der Waals surface area contributed by atoms with Crippen molar-refractivity contribution in [2.24, 2.45) is 10.7 Å². The lowest BCUT2D eigenvalue weighted by Gasteiger charge is -2.29. The van der Waals surface area contributed by atoms with Crippen LogP contribution in [0.1, 0.15) is 47.3 Å². The molecular weight excluding hydrogens is 592 g/mol.